The molecule has 0 radical (unpaired) electrons. The fourth-order valence-electron chi connectivity index (χ4n) is 4.01. The van der Waals surface area contributed by atoms with Gasteiger partial charge in [0.25, 0.3) is 0 Å². The van der Waals surface area contributed by atoms with Gasteiger partial charge in [0.2, 0.25) is 5.91 Å². The molecular formula is C23H25NO4. The molecule has 5 heteroatoms. The maximum atomic E-state index is 12.9. The Kier molecular flexibility index (Phi) is 5.24. The molecule has 0 spiro atoms. The molecule has 2 aromatic carbocycles. The molecule has 0 aliphatic carbocycles. The van der Waals surface area contributed by atoms with E-state index in [1.165, 1.54) is 5.56 Å². The number of benzene rings is 2. The van der Waals surface area contributed by atoms with Gasteiger partial charge in [0, 0.05) is 19.0 Å². The van der Waals surface area contributed by atoms with Crippen molar-refractivity contribution in [3.63, 3.8) is 0 Å². The number of carbonyl (C=O) groups excluding carboxylic acids is 1. The number of amides is 1. The fourth-order valence-corrected chi connectivity index (χ4v) is 4.01. The van der Waals surface area contributed by atoms with E-state index in [1.807, 2.05) is 41.3 Å². The van der Waals surface area contributed by atoms with Crippen LogP contribution in [0.4, 0.5) is 0 Å². The lowest BCUT2D eigenvalue weighted by atomic mass is 10.0. The Morgan fingerprint density at radius 2 is 2.00 bits per heavy atom. The van der Waals surface area contributed by atoms with Crippen LogP contribution in [0, 0.1) is 0 Å². The molecule has 1 fully saturated rings. The van der Waals surface area contributed by atoms with Crippen LogP contribution in [0.25, 0.3) is 6.08 Å². The van der Waals surface area contributed by atoms with E-state index in [0.717, 1.165) is 49.3 Å². The normalized spacial score (nSPS) is 18.2. The summed E-state index contributed by atoms with van der Waals surface area (Å²) in [5.41, 5.74) is 3.31. The van der Waals surface area contributed by atoms with Crippen molar-refractivity contribution < 1.29 is 19.0 Å². The highest BCUT2D eigenvalue weighted by Crippen LogP contribution is 2.37. The molecule has 0 N–H and O–H groups in total. The summed E-state index contributed by atoms with van der Waals surface area (Å²) < 4.78 is 16.3. The summed E-state index contributed by atoms with van der Waals surface area (Å²) in [6, 6.07) is 12.0. The fraction of sp³-hybridized carbons (Fsp3) is 0.348. The second-order valence-corrected chi connectivity index (χ2v) is 7.10. The maximum Gasteiger partial charge on any atom is 0.247 e. The first-order chi connectivity index (χ1) is 13.7. The highest BCUT2D eigenvalue weighted by molar-refractivity contribution is 5.92. The zero-order chi connectivity index (χ0) is 19.5. The number of rotatable bonds is 5. The Hall–Kier alpha value is -2.95. The number of hydrogen-bond acceptors (Lipinski definition) is 4. The van der Waals surface area contributed by atoms with Gasteiger partial charge < -0.3 is 19.1 Å². The van der Waals surface area contributed by atoms with Crippen molar-refractivity contribution in [2.24, 2.45) is 0 Å². The van der Waals surface area contributed by atoms with Crippen LogP contribution in [0.2, 0.25) is 0 Å². The van der Waals surface area contributed by atoms with Crippen molar-refractivity contribution in [1.29, 1.82) is 0 Å². The lowest BCUT2D eigenvalue weighted by Gasteiger charge is -2.24. The molecule has 146 valence electrons. The first-order valence-electron chi connectivity index (χ1n) is 9.66. The molecule has 0 bridgehead atoms. The second-order valence-electron chi connectivity index (χ2n) is 7.10. The average molecular weight is 379 g/mol. The van der Waals surface area contributed by atoms with Crippen LogP contribution >= 0.6 is 0 Å². The first-order valence-corrected chi connectivity index (χ1v) is 9.66. The monoisotopic (exact) mass is 379 g/mol. The Bertz CT molecular complexity index is 905. The van der Waals surface area contributed by atoms with E-state index in [2.05, 4.69) is 6.07 Å². The molecule has 2 aliphatic rings. The molecule has 0 aromatic heterocycles. The summed E-state index contributed by atoms with van der Waals surface area (Å²) >= 11 is 0. The number of carbonyl (C=O) groups is 1. The van der Waals surface area contributed by atoms with E-state index in [9.17, 15) is 4.79 Å². The Labute approximate surface area is 165 Å². The van der Waals surface area contributed by atoms with Crippen molar-refractivity contribution in [2.45, 2.75) is 25.3 Å². The van der Waals surface area contributed by atoms with Crippen LogP contribution in [0.15, 0.2) is 42.5 Å². The molecule has 1 unspecified atom stereocenters. The van der Waals surface area contributed by atoms with Gasteiger partial charge in [-0.05, 0) is 59.9 Å². The molecule has 2 aliphatic heterocycles. The summed E-state index contributed by atoms with van der Waals surface area (Å²) in [5, 5.41) is 0. The Balaban J connectivity index is 1.51. The lowest BCUT2D eigenvalue weighted by molar-refractivity contribution is -0.126. The molecule has 4 rings (SSSR count). The van der Waals surface area contributed by atoms with E-state index < -0.39 is 0 Å². The minimum Gasteiger partial charge on any atom is -0.493 e. The smallest absolute Gasteiger partial charge is 0.247 e. The summed E-state index contributed by atoms with van der Waals surface area (Å²) in [6.07, 6.45) is 6.44. The number of methoxy groups -OCH3 is 2. The van der Waals surface area contributed by atoms with E-state index in [0.29, 0.717) is 11.5 Å². The molecule has 28 heavy (non-hydrogen) atoms. The standard InChI is InChI=1S/C23H25NO4/c1-26-21-9-7-17(15-22(21)27-2)19-4-3-12-24(19)23(25)10-6-16-5-8-20-18(14-16)11-13-28-20/h5-10,14-15,19H,3-4,11-13H2,1-2H3/b10-6+. The van der Waals surface area contributed by atoms with Crippen molar-refractivity contribution in [1.82, 2.24) is 4.90 Å². The summed E-state index contributed by atoms with van der Waals surface area (Å²) in [4.78, 5) is 14.8. The highest BCUT2D eigenvalue weighted by atomic mass is 16.5. The minimum absolute atomic E-state index is 0.0361. The van der Waals surface area contributed by atoms with E-state index in [4.69, 9.17) is 14.2 Å². The van der Waals surface area contributed by atoms with Gasteiger partial charge >= 0.3 is 0 Å². The number of hydrogen-bond donors (Lipinski definition) is 0. The van der Waals surface area contributed by atoms with Gasteiger partial charge in [-0.25, -0.2) is 0 Å². The lowest BCUT2D eigenvalue weighted by Crippen LogP contribution is -2.28. The van der Waals surface area contributed by atoms with Crippen LogP contribution in [-0.4, -0.2) is 38.2 Å². The summed E-state index contributed by atoms with van der Waals surface area (Å²) in [6.45, 7) is 1.50. The second kappa shape index (κ2) is 7.97. The molecule has 5 nitrogen and oxygen atoms in total. The first kappa shape index (κ1) is 18.4. The van der Waals surface area contributed by atoms with E-state index >= 15 is 0 Å². The third kappa shape index (κ3) is 3.57. The quantitative estimate of drug-likeness (QED) is 0.737. The number of likely N-dealkylation sites (tertiary alicyclic amines) is 1. The van der Waals surface area contributed by atoms with Crippen molar-refractivity contribution in [3.8, 4) is 17.2 Å². The number of nitrogens with zero attached hydrogens (tertiary/aromatic N) is 1. The zero-order valence-electron chi connectivity index (χ0n) is 16.3. The third-order valence-electron chi connectivity index (χ3n) is 5.46. The third-order valence-corrected chi connectivity index (χ3v) is 5.46. The molecule has 2 aromatic rings. The number of ether oxygens (including phenoxy) is 3. The minimum atomic E-state index is 0.0361. The van der Waals surface area contributed by atoms with Crippen LogP contribution in [0.1, 0.15) is 35.6 Å². The van der Waals surface area contributed by atoms with Gasteiger partial charge in [-0.15, -0.1) is 0 Å². The van der Waals surface area contributed by atoms with Crippen LogP contribution in [0.5, 0.6) is 17.2 Å². The predicted octanol–water partition coefficient (Wildman–Crippen LogP) is 4.02. The van der Waals surface area contributed by atoms with Crippen molar-refractivity contribution in [2.75, 3.05) is 27.4 Å². The molecule has 0 saturated carbocycles. The molecule has 1 atom stereocenters. The summed E-state index contributed by atoms with van der Waals surface area (Å²) in [7, 11) is 3.25. The van der Waals surface area contributed by atoms with Gasteiger partial charge in [-0.2, -0.15) is 0 Å². The highest BCUT2D eigenvalue weighted by Gasteiger charge is 2.29. The number of fused-ring (bicyclic) bond motifs is 1. The molecule has 2 heterocycles. The Morgan fingerprint density at radius 3 is 2.82 bits per heavy atom. The Morgan fingerprint density at radius 1 is 1.14 bits per heavy atom. The van der Waals surface area contributed by atoms with Gasteiger partial charge in [0.1, 0.15) is 5.75 Å². The van der Waals surface area contributed by atoms with E-state index in [-0.39, 0.29) is 11.9 Å². The average Bonchev–Trinajstić information content (AvgIpc) is 3.40. The zero-order valence-corrected chi connectivity index (χ0v) is 16.3. The molecule has 1 saturated heterocycles. The van der Waals surface area contributed by atoms with Crippen molar-refractivity contribution >= 4 is 12.0 Å². The molecular weight excluding hydrogens is 354 g/mol. The van der Waals surface area contributed by atoms with Crippen molar-refractivity contribution in [3.05, 3.63) is 59.2 Å². The van der Waals surface area contributed by atoms with Crippen LogP contribution in [-0.2, 0) is 11.2 Å². The van der Waals surface area contributed by atoms with Gasteiger partial charge in [-0.1, -0.05) is 12.1 Å². The van der Waals surface area contributed by atoms with Gasteiger partial charge in [-0.3, -0.25) is 4.79 Å². The van der Waals surface area contributed by atoms with Crippen LogP contribution in [0.3, 0.4) is 0 Å². The topological polar surface area (TPSA) is 48.0 Å². The SMILES string of the molecule is COc1ccc(C2CCCN2C(=O)/C=C/c2ccc3c(c2)CCO3)cc1OC. The van der Waals surface area contributed by atoms with Gasteiger partial charge in [0.15, 0.2) is 11.5 Å². The predicted molar refractivity (Wildman–Crippen MR) is 108 cm³/mol. The summed E-state index contributed by atoms with van der Waals surface area (Å²) in [5.74, 6) is 2.38. The van der Waals surface area contributed by atoms with Crippen LogP contribution < -0.4 is 14.2 Å². The maximum absolute atomic E-state index is 12.9. The molecule has 1 amide bonds. The largest absolute Gasteiger partial charge is 0.493 e. The van der Waals surface area contributed by atoms with E-state index in [1.54, 1.807) is 20.3 Å². The van der Waals surface area contributed by atoms with Gasteiger partial charge in [0.05, 0.1) is 26.9 Å².